The first-order chi connectivity index (χ1) is 7.06. The van der Waals surface area contributed by atoms with Gasteiger partial charge in [-0.1, -0.05) is 0 Å². The summed E-state index contributed by atoms with van der Waals surface area (Å²) in [5.74, 6) is 0. The van der Waals surface area contributed by atoms with Crippen LogP contribution in [0.1, 0.15) is 18.9 Å². The standard InChI is InChI=1S/C10H19N3OS/c1-10(2,9-12-4-5-15-9)13-6-8(11)7-14-3/h4-5,8,13H,6-7,11H2,1-3H3. The molecule has 1 unspecified atom stereocenters. The predicted octanol–water partition coefficient (Wildman–Crippen LogP) is 0.942. The van der Waals surface area contributed by atoms with Gasteiger partial charge in [-0.25, -0.2) is 4.98 Å². The molecule has 1 heterocycles. The normalized spacial score (nSPS) is 14.1. The van der Waals surface area contributed by atoms with E-state index in [9.17, 15) is 0 Å². The van der Waals surface area contributed by atoms with Gasteiger partial charge in [0.2, 0.25) is 0 Å². The number of ether oxygens (including phenoxy) is 1. The Balaban J connectivity index is 2.43. The van der Waals surface area contributed by atoms with Gasteiger partial charge in [-0.15, -0.1) is 11.3 Å². The van der Waals surface area contributed by atoms with Crippen molar-refractivity contribution in [2.24, 2.45) is 5.73 Å². The second-order valence-electron chi connectivity index (χ2n) is 4.06. The molecule has 1 rings (SSSR count). The molecule has 3 N–H and O–H groups in total. The molecule has 1 aromatic heterocycles. The first kappa shape index (κ1) is 12.6. The zero-order valence-corrected chi connectivity index (χ0v) is 10.3. The zero-order chi connectivity index (χ0) is 11.3. The fourth-order valence-electron chi connectivity index (χ4n) is 1.27. The number of nitrogens with two attached hydrogens (primary N) is 1. The molecule has 0 fully saturated rings. The minimum absolute atomic E-state index is 0.0224. The predicted molar refractivity (Wildman–Crippen MR) is 63.0 cm³/mol. The SMILES string of the molecule is COCC(N)CNC(C)(C)c1nccs1. The summed E-state index contributed by atoms with van der Waals surface area (Å²) in [6, 6.07) is 0.0224. The van der Waals surface area contributed by atoms with Crippen molar-refractivity contribution in [1.29, 1.82) is 0 Å². The first-order valence-corrected chi connectivity index (χ1v) is 5.83. The molecule has 5 heteroatoms. The van der Waals surface area contributed by atoms with E-state index in [1.165, 1.54) is 0 Å². The van der Waals surface area contributed by atoms with Crippen molar-refractivity contribution < 1.29 is 4.74 Å². The summed E-state index contributed by atoms with van der Waals surface area (Å²) in [6.07, 6.45) is 1.82. The summed E-state index contributed by atoms with van der Waals surface area (Å²) in [7, 11) is 1.66. The molecule has 15 heavy (non-hydrogen) atoms. The Morgan fingerprint density at radius 1 is 1.67 bits per heavy atom. The van der Waals surface area contributed by atoms with E-state index in [1.54, 1.807) is 18.4 Å². The second kappa shape index (κ2) is 5.55. The molecule has 0 radical (unpaired) electrons. The highest BCUT2D eigenvalue weighted by Crippen LogP contribution is 2.21. The Kier molecular flexibility index (Phi) is 4.66. The summed E-state index contributed by atoms with van der Waals surface area (Å²) >= 11 is 1.65. The first-order valence-electron chi connectivity index (χ1n) is 4.96. The molecule has 86 valence electrons. The van der Waals surface area contributed by atoms with Crippen LogP contribution in [0.4, 0.5) is 0 Å². The molecule has 4 nitrogen and oxygen atoms in total. The summed E-state index contributed by atoms with van der Waals surface area (Å²) in [5, 5.41) is 6.44. The number of rotatable bonds is 6. The molecular formula is C10H19N3OS. The maximum atomic E-state index is 5.84. The van der Waals surface area contributed by atoms with Crippen LogP contribution in [0.25, 0.3) is 0 Å². The van der Waals surface area contributed by atoms with E-state index in [2.05, 4.69) is 24.1 Å². The van der Waals surface area contributed by atoms with E-state index >= 15 is 0 Å². The van der Waals surface area contributed by atoms with Crippen molar-refractivity contribution >= 4 is 11.3 Å². The number of hydrogen-bond acceptors (Lipinski definition) is 5. The van der Waals surface area contributed by atoms with Crippen LogP contribution in [0.3, 0.4) is 0 Å². The van der Waals surface area contributed by atoms with E-state index in [-0.39, 0.29) is 11.6 Å². The fourth-order valence-corrected chi connectivity index (χ4v) is 2.01. The maximum Gasteiger partial charge on any atom is 0.112 e. The Morgan fingerprint density at radius 3 is 2.93 bits per heavy atom. The molecule has 0 aliphatic heterocycles. The number of hydrogen-bond donors (Lipinski definition) is 2. The Bertz CT molecular complexity index is 274. The highest BCUT2D eigenvalue weighted by Gasteiger charge is 2.22. The van der Waals surface area contributed by atoms with Crippen LogP contribution in [-0.2, 0) is 10.3 Å². The lowest BCUT2D eigenvalue weighted by Gasteiger charge is -2.25. The monoisotopic (exact) mass is 229 g/mol. The summed E-state index contributed by atoms with van der Waals surface area (Å²) in [6.45, 7) is 5.50. The van der Waals surface area contributed by atoms with Crippen molar-refractivity contribution in [1.82, 2.24) is 10.3 Å². The Hall–Kier alpha value is -0.490. The molecule has 0 spiro atoms. The van der Waals surface area contributed by atoms with Crippen LogP contribution >= 0.6 is 11.3 Å². The van der Waals surface area contributed by atoms with E-state index < -0.39 is 0 Å². The molecular weight excluding hydrogens is 210 g/mol. The van der Waals surface area contributed by atoms with Gasteiger partial charge in [0.1, 0.15) is 5.01 Å². The number of methoxy groups -OCH3 is 1. The van der Waals surface area contributed by atoms with Crippen LogP contribution < -0.4 is 11.1 Å². The fraction of sp³-hybridized carbons (Fsp3) is 0.700. The van der Waals surface area contributed by atoms with Crippen LogP contribution in [0.5, 0.6) is 0 Å². The van der Waals surface area contributed by atoms with Crippen LogP contribution in [0, 0.1) is 0 Å². The molecule has 0 bridgehead atoms. The number of aromatic nitrogens is 1. The Labute approximate surface area is 94.8 Å². The average molecular weight is 229 g/mol. The highest BCUT2D eigenvalue weighted by atomic mass is 32.1. The smallest absolute Gasteiger partial charge is 0.112 e. The molecule has 0 aliphatic carbocycles. The van der Waals surface area contributed by atoms with Crippen molar-refractivity contribution in [2.45, 2.75) is 25.4 Å². The lowest BCUT2D eigenvalue weighted by atomic mass is 10.1. The third-order valence-corrected chi connectivity index (χ3v) is 3.25. The number of nitrogens with one attached hydrogen (secondary N) is 1. The Morgan fingerprint density at radius 2 is 2.40 bits per heavy atom. The largest absolute Gasteiger partial charge is 0.383 e. The third-order valence-electron chi connectivity index (χ3n) is 2.15. The van der Waals surface area contributed by atoms with Gasteiger partial charge < -0.3 is 15.8 Å². The van der Waals surface area contributed by atoms with Crippen LogP contribution in [0.2, 0.25) is 0 Å². The van der Waals surface area contributed by atoms with Crippen LogP contribution in [0.15, 0.2) is 11.6 Å². The van der Waals surface area contributed by atoms with E-state index in [4.69, 9.17) is 10.5 Å². The second-order valence-corrected chi connectivity index (χ2v) is 4.95. The minimum Gasteiger partial charge on any atom is -0.383 e. The van der Waals surface area contributed by atoms with Crippen LogP contribution in [-0.4, -0.2) is 31.3 Å². The molecule has 0 saturated heterocycles. The zero-order valence-electron chi connectivity index (χ0n) is 9.49. The van der Waals surface area contributed by atoms with Gasteiger partial charge in [0.25, 0.3) is 0 Å². The topological polar surface area (TPSA) is 60.2 Å². The molecule has 0 aromatic carbocycles. The van der Waals surface area contributed by atoms with E-state index in [1.807, 2.05) is 11.6 Å². The van der Waals surface area contributed by atoms with Crippen molar-refractivity contribution in [2.75, 3.05) is 20.3 Å². The highest BCUT2D eigenvalue weighted by molar-refractivity contribution is 7.09. The number of nitrogens with zero attached hydrogens (tertiary/aromatic N) is 1. The van der Waals surface area contributed by atoms with Gasteiger partial charge in [-0.05, 0) is 13.8 Å². The molecule has 0 saturated carbocycles. The van der Waals surface area contributed by atoms with Gasteiger partial charge >= 0.3 is 0 Å². The lowest BCUT2D eigenvalue weighted by molar-refractivity contribution is 0.175. The number of thiazole rings is 1. The van der Waals surface area contributed by atoms with E-state index in [0.29, 0.717) is 6.61 Å². The molecule has 0 aliphatic rings. The van der Waals surface area contributed by atoms with Gasteiger partial charge in [-0.2, -0.15) is 0 Å². The summed E-state index contributed by atoms with van der Waals surface area (Å²) in [5.41, 5.74) is 5.71. The van der Waals surface area contributed by atoms with Gasteiger partial charge in [0.05, 0.1) is 12.1 Å². The summed E-state index contributed by atoms with van der Waals surface area (Å²) < 4.78 is 4.98. The third kappa shape index (κ3) is 3.87. The van der Waals surface area contributed by atoms with Gasteiger partial charge in [-0.3, -0.25) is 0 Å². The molecule has 1 aromatic rings. The van der Waals surface area contributed by atoms with E-state index in [0.717, 1.165) is 11.6 Å². The van der Waals surface area contributed by atoms with Gasteiger partial charge in [0.15, 0.2) is 0 Å². The minimum atomic E-state index is -0.125. The molecule has 1 atom stereocenters. The summed E-state index contributed by atoms with van der Waals surface area (Å²) in [4.78, 5) is 4.30. The van der Waals surface area contributed by atoms with Crippen molar-refractivity contribution in [3.8, 4) is 0 Å². The lowest BCUT2D eigenvalue weighted by Crippen LogP contribution is -2.45. The van der Waals surface area contributed by atoms with Crippen molar-refractivity contribution in [3.05, 3.63) is 16.6 Å². The maximum absolute atomic E-state index is 5.84. The average Bonchev–Trinajstić information content (AvgIpc) is 2.69. The van der Waals surface area contributed by atoms with Crippen molar-refractivity contribution in [3.63, 3.8) is 0 Å². The van der Waals surface area contributed by atoms with Gasteiger partial charge in [0, 0.05) is 31.3 Å². The molecule has 0 amide bonds. The quantitative estimate of drug-likeness (QED) is 0.762.